The zero-order valence-electron chi connectivity index (χ0n) is 9.07. The molecule has 2 aromatic rings. The van der Waals surface area contributed by atoms with Crippen LogP contribution in [0.25, 0.3) is 0 Å². The van der Waals surface area contributed by atoms with Gasteiger partial charge in [0.1, 0.15) is 17.6 Å². The number of thiophene rings is 1. The van der Waals surface area contributed by atoms with E-state index in [9.17, 15) is 5.11 Å². The van der Waals surface area contributed by atoms with E-state index in [-0.39, 0.29) is 0 Å². The molecule has 0 aliphatic rings. The van der Waals surface area contributed by atoms with Crippen molar-refractivity contribution < 1.29 is 9.52 Å². The first kappa shape index (κ1) is 10.5. The smallest absolute Gasteiger partial charge is 0.138 e. The molecular weight excluding hydrogens is 208 g/mol. The van der Waals surface area contributed by atoms with E-state index in [1.807, 2.05) is 39.0 Å². The van der Waals surface area contributed by atoms with Crippen molar-refractivity contribution in [1.29, 1.82) is 0 Å². The van der Waals surface area contributed by atoms with Crippen molar-refractivity contribution in [2.24, 2.45) is 0 Å². The Morgan fingerprint density at radius 3 is 2.47 bits per heavy atom. The largest absolute Gasteiger partial charge is 0.463 e. The predicted molar refractivity (Wildman–Crippen MR) is 61.3 cm³/mol. The molecule has 0 aromatic carbocycles. The van der Waals surface area contributed by atoms with E-state index in [1.54, 1.807) is 11.3 Å². The minimum atomic E-state index is -0.636. The Labute approximate surface area is 93.2 Å². The highest BCUT2D eigenvalue weighted by molar-refractivity contribution is 7.12. The fourth-order valence-electron chi connectivity index (χ4n) is 1.68. The number of furan rings is 1. The molecule has 0 saturated heterocycles. The second-order valence-electron chi connectivity index (χ2n) is 3.72. The number of aliphatic hydroxyl groups excluding tert-OH is 1. The minimum Gasteiger partial charge on any atom is -0.463 e. The van der Waals surface area contributed by atoms with Crippen molar-refractivity contribution in [3.8, 4) is 0 Å². The fraction of sp³-hybridized carbons (Fsp3) is 0.333. The second-order valence-corrected chi connectivity index (χ2v) is 5.18. The SMILES string of the molecule is Cc1ccc(C(O)c2cc(C)sc2C)o1. The van der Waals surface area contributed by atoms with Gasteiger partial charge in [0.2, 0.25) is 0 Å². The van der Waals surface area contributed by atoms with Gasteiger partial charge in [0.25, 0.3) is 0 Å². The third-order valence-electron chi connectivity index (χ3n) is 2.40. The van der Waals surface area contributed by atoms with Gasteiger partial charge in [-0.2, -0.15) is 0 Å². The molecule has 1 atom stereocenters. The molecule has 80 valence electrons. The van der Waals surface area contributed by atoms with Gasteiger partial charge in [-0.15, -0.1) is 11.3 Å². The Hall–Kier alpha value is -1.06. The Balaban J connectivity index is 2.35. The summed E-state index contributed by atoms with van der Waals surface area (Å²) in [7, 11) is 0. The first-order chi connectivity index (χ1) is 7.08. The Morgan fingerprint density at radius 2 is 2.00 bits per heavy atom. The highest BCUT2D eigenvalue weighted by atomic mass is 32.1. The van der Waals surface area contributed by atoms with E-state index < -0.39 is 6.10 Å². The van der Waals surface area contributed by atoms with Gasteiger partial charge in [-0.1, -0.05) is 0 Å². The third-order valence-corrected chi connectivity index (χ3v) is 3.39. The summed E-state index contributed by atoms with van der Waals surface area (Å²) in [6.45, 7) is 5.94. The van der Waals surface area contributed by atoms with Crippen LogP contribution in [0.3, 0.4) is 0 Å². The number of hydrogen-bond donors (Lipinski definition) is 1. The lowest BCUT2D eigenvalue weighted by Crippen LogP contribution is -1.97. The van der Waals surface area contributed by atoms with Gasteiger partial charge in [-0.05, 0) is 39.0 Å². The predicted octanol–water partition coefficient (Wildman–Crippen LogP) is 3.35. The van der Waals surface area contributed by atoms with Crippen LogP contribution in [0.1, 0.15) is 32.9 Å². The number of hydrogen-bond acceptors (Lipinski definition) is 3. The number of rotatable bonds is 2. The molecule has 0 amide bonds. The van der Waals surface area contributed by atoms with Crippen LogP contribution in [0.2, 0.25) is 0 Å². The minimum absolute atomic E-state index is 0.619. The Morgan fingerprint density at radius 1 is 1.27 bits per heavy atom. The van der Waals surface area contributed by atoms with Crippen molar-refractivity contribution >= 4 is 11.3 Å². The molecule has 0 spiro atoms. The molecule has 0 fully saturated rings. The number of aryl methyl sites for hydroxylation is 3. The molecule has 2 rings (SSSR count). The van der Waals surface area contributed by atoms with Crippen molar-refractivity contribution in [2.75, 3.05) is 0 Å². The van der Waals surface area contributed by atoms with Crippen LogP contribution in [0, 0.1) is 20.8 Å². The monoisotopic (exact) mass is 222 g/mol. The molecule has 15 heavy (non-hydrogen) atoms. The highest BCUT2D eigenvalue weighted by Crippen LogP contribution is 2.31. The van der Waals surface area contributed by atoms with Gasteiger partial charge in [0, 0.05) is 15.3 Å². The van der Waals surface area contributed by atoms with Crippen LogP contribution in [0.5, 0.6) is 0 Å². The topological polar surface area (TPSA) is 33.4 Å². The molecular formula is C12H14O2S. The summed E-state index contributed by atoms with van der Waals surface area (Å²) in [5.74, 6) is 1.45. The normalized spacial score (nSPS) is 13.1. The quantitative estimate of drug-likeness (QED) is 0.845. The Bertz CT molecular complexity index is 468. The lowest BCUT2D eigenvalue weighted by molar-refractivity contribution is 0.187. The third kappa shape index (κ3) is 1.98. The Kier molecular flexibility index (Phi) is 2.67. The summed E-state index contributed by atoms with van der Waals surface area (Å²) in [6.07, 6.45) is -0.636. The average molecular weight is 222 g/mol. The molecule has 2 heterocycles. The molecule has 3 heteroatoms. The van der Waals surface area contributed by atoms with Crippen LogP contribution in [-0.2, 0) is 0 Å². The van der Waals surface area contributed by atoms with Crippen molar-refractivity contribution in [2.45, 2.75) is 26.9 Å². The summed E-state index contributed by atoms with van der Waals surface area (Å²) in [5, 5.41) is 10.1. The standard InChI is InChI=1S/C12H14O2S/c1-7-4-5-11(14-7)12(13)10-6-8(2)15-9(10)3/h4-6,12-13H,1-3H3. The molecule has 0 bridgehead atoms. The summed E-state index contributed by atoms with van der Waals surface area (Å²) in [5.41, 5.74) is 0.951. The van der Waals surface area contributed by atoms with Crippen molar-refractivity contribution in [1.82, 2.24) is 0 Å². The highest BCUT2D eigenvalue weighted by Gasteiger charge is 2.17. The first-order valence-electron chi connectivity index (χ1n) is 4.89. The van der Waals surface area contributed by atoms with E-state index in [4.69, 9.17) is 4.42 Å². The van der Waals surface area contributed by atoms with E-state index in [2.05, 4.69) is 0 Å². The van der Waals surface area contributed by atoms with Crippen LogP contribution in [0.15, 0.2) is 22.6 Å². The molecule has 1 unspecified atom stereocenters. The van der Waals surface area contributed by atoms with E-state index >= 15 is 0 Å². The van der Waals surface area contributed by atoms with E-state index in [0.29, 0.717) is 5.76 Å². The lowest BCUT2D eigenvalue weighted by atomic mass is 10.1. The maximum absolute atomic E-state index is 10.1. The van der Waals surface area contributed by atoms with Crippen LogP contribution in [-0.4, -0.2) is 5.11 Å². The first-order valence-corrected chi connectivity index (χ1v) is 5.71. The average Bonchev–Trinajstić information content (AvgIpc) is 2.71. The molecule has 0 aliphatic carbocycles. The second kappa shape index (κ2) is 3.83. The molecule has 2 nitrogen and oxygen atoms in total. The van der Waals surface area contributed by atoms with Crippen LogP contribution < -0.4 is 0 Å². The summed E-state index contributed by atoms with van der Waals surface area (Å²) in [4.78, 5) is 2.36. The molecule has 0 radical (unpaired) electrons. The van der Waals surface area contributed by atoms with Crippen molar-refractivity contribution in [3.63, 3.8) is 0 Å². The van der Waals surface area contributed by atoms with Gasteiger partial charge in [-0.3, -0.25) is 0 Å². The van der Waals surface area contributed by atoms with Gasteiger partial charge < -0.3 is 9.52 Å². The molecule has 2 aromatic heterocycles. The van der Waals surface area contributed by atoms with Crippen molar-refractivity contribution in [3.05, 3.63) is 45.0 Å². The van der Waals surface area contributed by atoms with Gasteiger partial charge in [0.15, 0.2) is 0 Å². The van der Waals surface area contributed by atoms with Crippen LogP contribution in [0.4, 0.5) is 0 Å². The van der Waals surface area contributed by atoms with E-state index in [0.717, 1.165) is 16.2 Å². The zero-order valence-corrected chi connectivity index (χ0v) is 9.89. The van der Waals surface area contributed by atoms with Gasteiger partial charge in [-0.25, -0.2) is 0 Å². The lowest BCUT2D eigenvalue weighted by Gasteiger charge is -2.06. The summed E-state index contributed by atoms with van der Waals surface area (Å²) < 4.78 is 5.42. The van der Waals surface area contributed by atoms with Gasteiger partial charge in [0.05, 0.1) is 0 Å². The molecule has 0 aliphatic heterocycles. The van der Waals surface area contributed by atoms with Crippen LogP contribution >= 0.6 is 11.3 Å². The zero-order chi connectivity index (χ0) is 11.0. The fourth-order valence-corrected chi connectivity index (χ4v) is 2.63. The van der Waals surface area contributed by atoms with Gasteiger partial charge >= 0.3 is 0 Å². The number of aliphatic hydroxyl groups is 1. The molecule has 1 N–H and O–H groups in total. The maximum Gasteiger partial charge on any atom is 0.138 e. The summed E-state index contributed by atoms with van der Waals surface area (Å²) >= 11 is 1.70. The van der Waals surface area contributed by atoms with E-state index in [1.165, 1.54) is 4.88 Å². The molecule has 0 saturated carbocycles. The maximum atomic E-state index is 10.1. The summed E-state index contributed by atoms with van der Waals surface area (Å²) in [6, 6.07) is 5.71.